The molecule has 0 unspecified atom stereocenters. The van der Waals surface area contributed by atoms with Gasteiger partial charge in [-0.1, -0.05) is 24.0 Å². The first kappa shape index (κ1) is 15.0. The monoisotopic (exact) mass is 260 g/mol. The van der Waals surface area contributed by atoms with Crippen molar-refractivity contribution in [1.29, 1.82) is 0 Å². The molecule has 0 aromatic heterocycles. The van der Waals surface area contributed by atoms with E-state index in [9.17, 15) is 0 Å². The Morgan fingerprint density at radius 3 is 2.28 bits per heavy atom. The third kappa shape index (κ3) is 4.68. The molecule has 0 heterocycles. The lowest BCUT2D eigenvalue weighted by atomic mass is 10.0. The van der Waals surface area contributed by atoms with E-state index in [0.29, 0.717) is 0 Å². The van der Waals surface area contributed by atoms with E-state index in [0.717, 1.165) is 5.56 Å². The average Bonchev–Trinajstić information content (AvgIpc) is 2.17. The van der Waals surface area contributed by atoms with Crippen molar-refractivity contribution in [1.82, 2.24) is 0 Å². The lowest BCUT2D eigenvalue weighted by molar-refractivity contribution is 0.164. The van der Waals surface area contributed by atoms with Gasteiger partial charge in [-0.3, -0.25) is 0 Å². The zero-order chi connectivity index (χ0) is 14.0. The lowest BCUT2D eigenvalue weighted by Crippen LogP contribution is -2.37. The van der Waals surface area contributed by atoms with E-state index in [1.54, 1.807) is 0 Å². The Morgan fingerprint density at radius 1 is 1.11 bits per heavy atom. The number of hydrogen-bond donors (Lipinski definition) is 0. The van der Waals surface area contributed by atoms with E-state index < -0.39 is 8.32 Å². The highest BCUT2D eigenvalue weighted by atomic mass is 28.4. The van der Waals surface area contributed by atoms with Gasteiger partial charge in [0, 0.05) is 5.56 Å². The molecular weight excluding hydrogens is 236 g/mol. The number of aryl methyl sites for hydroxylation is 1. The van der Waals surface area contributed by atoms with E-state index >= 15 is 0 Å². The largest absolute Gasteiger partial charge is 0.402 e. The summed E-state index contributed by atoms with van der Waals surface area (Å²) in [6, 6.07) is 6.24. The molecule has 1 rings (SSSR count). The topological polar surface area (TPSA) is 9.23 Å². The average molecular weight is 260 g/mol. The molecule has 0 saturated heterocycles. The SMILES string of the molecule is Cc1cccc(C#CC(C)(C)O[Si](C)(C)C)c1C. The normalized spacial score (nSPS) is 11.9. The Kier molecular flexibility index (Phi) is 4.42. The van der Waals surface area contributed by atoms with Crippen LogP contribution < -0.4 is 0 Å². The van der Waals surface area contributed by atoms with Crippen LogP contribution in [0.15, 0.2) is 18.2 Å². The highest BCUT2D eigenvalue weighted by molar-refractivity contribution is 6.69. The Labute approximate surface area is 113 Å². The highest BCUT2D eigenvalue weighted by Crippen LogP contribution is 2.17. The quantitative estimate of drug-likeness (QED) is 0.569. The number of benzene rings is 1. The third-order valence-electron chi connectivity index (χ3n) is 2.66. The third-order valence-corrected chi connectivity index (χ3v) is 3.79. The van der Waals surface area contributed by atoms with Crippen molar-refractivity contribution in [3.63, 3.8) is 0 Å². The maximum absolute atomic E-state index is 6.08. The van der Waals surface area contributed by atoms with Crippen LogP contribution in [0.2, 0.25) is 19.6 Å². The van der Waals surface area contributed by atoms with Crippen LogP contribution in [0, 0.1) is 25.7 Å². The van der Waals surface area contributed by atoms with Gasteiger partial charge in [-0.15, -0.1) is 0 Å². The minimum atomic E-state index is -1.56. The maximum atomic E-state index is 6.08. The molecule has 0 saturated carbocycles. The fourth-order valence-corrected chi connectivity index (χ4v) is 3.48. The van der Waals surface area contributed by atoms with Crippen LogP contribution in [-0.2, 0) is 4.43 Å². The molecule has 0 amide bonds. The van der Waals surface area contributed by atoms with Gasteiger partial charge in [-0.05, 0) is 64.5 Å². The number of rotatable bonds is 2. The maximum Gasteiger partial charge on any atom is 0.185 e. The van der Waals surface area contributed by atoms with Crippen molar-refractivity contribution in [2.75, 3.05) is 0 Å². The van der Waals surface area contributed by atoms with Crippen molar-refractivity contribution >= 4 is 8.32 Å². The van der Waals surface area contributed by atoms with Crippen LogP contribution in [0.4, 0.5) is 0 Å². The van der Waals surface area contributed by atoms with Gasteiger partial charge >= 0.3 is 0 Å². The molecule has 1 aromatic carbocycles. The first-order valence-corrected chi connectivity index (χ1v) is 9.81. The van der Waals surface area contributed by atoms with E-state index in [4.69, 9.17) is 4.43 Å². The summed E-state index contributed by atoms with van der Waals surface area (Å²) in [6.07, 6.45) is 0. The molecule has 2 heteroatoms. The molecule has 0 aliphatic rings. The fraction of sp³-hybridized carbons (Fsp3) is 0.500. The molecule has 1 nitrogen and oxygen atoms in total. The Morgan fingerprint density at radius 2 is 1.72 bits per heavy atom. The van der Waals surface area contributed by atoms with Crippen molar-refractivity contribution in [2.24, 2.45) is 0 Å². The second-order valence-corrected chi connectivity index (χ2v) is 10.7. The summed E-state index contributed by atoms with van der Waals surface area (Å²) in [7, 11) is -1.56. The highest BCUT2D eigenvalue weighted by Gasteiger charge is 2.25. The zero-order valence-corrected chi connectivity index (χ0v) is 13.6. The van der Waals surface area contributed by atoms with Gasteiger partial charge in [-0.25, -0.2) is 0 Å². The minimum absolute atomic E-state index is 0.374. The van der Waals surface area contributed by atoms with Crippen molar-refractivity contribution < 1.29 is 4.43 Å². The summed E-state index contributed by atoms with van der Waals surface area (Å²) >= 11 is 0. The molecule has 18 heavy (non-hydrogen) atoms. The summed E-state index contributed by atoms with van der Waals surface area (Å²) in [5.41, 5.74) is 3.27. The molecule has 0 spiro atoms. The standard InChI is InChI=1S/C16H24OSi/c1-13-9-8-10-15(14(13)2)11-12-16(3,4)17-18(5,6)7/h8-10H,1-7H3. The molecule has 0 radical (unpaired) electrons. The summed E-state index contributed by atoms with van der Waals surface area (Å²) in [4.78, 5) is 0. The van der Waals surface area contributed by atoms with Crippen LogP contribution in [0.3, 0.4) is 0 Å². The zero-order valence-electron chi connectivity index (χ0n) is 12.6. The lowest BCUT2D eigenvalue weighted by Gasteiger charge is -2.28. The molecule has 0 bridgehead atoms. The van der Waals surface area contributed by atoms with Gasteiger partial charge in [0.05, 0.1) is 0 Å². The van der Waals surface area contributed by atoms with Gasteiger partial charge in [0.15, 0.2) is 8.32 Å². The van der Waals surface area contributed by atoms with Crippen LogP contribution in [0.25, 0.3) is 0 Å². The van der Waals surface area contributed by atoms with Crippen molar-refractivity contribution in [3.8, 4) is 11.8 Å². The van der Waals surface area contributed by atoms with Gasteiger partial charge in [0.1, 0.15) is 5.60 Å². The second-order valence-electron chi connectivity index (χ2n) is 6.22. The van der Waals surface area contributed by atoms with Gasteiger partial charge in [-0.2, -0.15) is 0 Å². The smallest absolute Gasteiger partial charge is 0.185 e. The molecule has 0 aliphatic carbocycles. The van der Waals surface area contributed by atoms with Crippen LogP contribution in [-0.4, -0.2) is 13.9 Å². The van der Waals surface area contributed by atoms with E-state index in [1.165, 1.54) is 11.1 Å². The van der Waals surface area contributed by atoms with Crippen molar-refractivity contribution in [2.45, 2.75) is 52.9 Å². The summed E-state index contributed by atoms with van der Waals surface area (Å²) < 4.78 is 6.08. The van der Waals surface area contributed by atoms with Crippen molar-refractivity contribution in [3.05, 3.63) is 34.9 Å². The predicted molar refractivity (Wildman–Crippen MR) is 81.3 cm³/mol. The molecule has 0 N–H and O–H groups in total. The fourth-order valence-electron chi connectivity index (χ4n) is 1.90. The van der Waals surface area contributed by atoms with E-state index in [2.05, 4.69) is 63.5 Å². The first-order chi connectivity index (χ1) is 8.11. The Hall–Kier alpha value is -1.04. The first-order valence-electron chi connectivity index (χ1n) is 6.40. The Bertz CT molecular complexity index is 484. The summed E-state index contributed by atoms with van der Waals surface area (Å²) in [5, 5.41) is 0. The van der Waals surface area contributed by atoms with E-state index in [-0.39, 0.29) is 5.60 Å². The molecule has 1 aromatic rings. The van der Waals surface area contributed by atoms with Gasteiger partial charge < -0.3 is 4.43 Å². The molecule has 0 aliphatic heterocycles. The van der Waals surface area contributed by atoms with Crippen LogP contribution in [0.1, 0.15) is 30.5 Å². The van der Waals surface area contributed by atoms with Gasteiger partial charge in [0.2, 0.25) is 0 Å². The van der Waals surface area contributed by atoms with Crippen LogP contribution >= 0.6 is 0 Å². The summed E-state index contributed by atoms with van der Waals surface area (Å²) in [5.74, 6) is 6.53. The number of hydrogen-bond acceptors (Lipinski definition) is 1. The Balaban J connectivity index is 2.97. The molecule has 0 fully saturated rings. The van der Waals surface area contributed by atoms with Gasteiger partial charge in [0.25, 0.3) is 0 Å². The van der Waals surface area contributed by atoms with E-state index in [1.807, 2.05) is 13.8 Å². The predicted octanol–water partition coefficient (Wildman–Crippen LogP) is 4.29. The second kappa shape index (κ2) is 5.30. The summed E-state index contributed by atoms with van der Waals surface area (Å²) in [6.45, 7) is 14.9. The minimum Gasteiger partial charge on any atom is -0.402 e. The van der Waals surface area contributed by atoms with Crippen LogP contribution in [0.5, 0.6) is 0 Å². The molecule has 0 atom stereocenters. The molecular formula is C16H24OSi. The molecule has 98 valence electrons.